The van der Waals surface area contributed by atoms with Gasteiger partial charge in [0, 0.05) is 10.2 Å². The number of ether oxygens (including phenoxy) is 1. The molecule has 1 N–H and O–H groups in total. The third-order valence-corrected chi connectivity index (χ3v) is 3.98. The molecule has 0 spiro atoms. The lowest BCUT2D eigenvalue weighted by atomic mass is 10.2. The first-order chi connectivity index (χ1) is 11.0. The van der Waals surface area contributed by atoms with Crippen molar-refractivity contribution in [2.24, 2.45) is 0 Å². The quantitative estimate of drug-likeness (QED) is 0.897. The van der Waals surface area contributed by atoms with Crippen LogP contribution < -0.4 is 15.0 Å². The van der Waals surface area contributed by atoms with E-state index in [0.29, 0.717) is 17.1 Å². The van der Waals surface area contributed by atoms with Crippen LogP contribution in [0.1, 0.15) is 6.92 Å². The summed E-state index contributed by atoms with van der Waals surface area (Å²) in [4.78, 5) is 26.1. The van der Waals surface area contributed by atoms with Gasteiger partial charge < -0.3 is 10.1 Å². The second kappa shape index (κ2) is 6.42. The van der Waals surface area contributed by atoms with Crippen molar-refractivity contribution in [1.82, 2.24) is 0 Å². The Bertz CT molecular complexity index is 763. The third-order valence-electron chi connectivity index (χ3n) is 3.48. The summed E-state index contributed by atoms with van der Waals surface area (Å²) in [5.74, 6) is 0.114. The van der Waals surface area contributed by atoms with Crippen molar-refractivity contribution in [1.29, 1.82) is 0 Å². The topological polar surface area (TPSA) is 58.6 Å². The molecule has 2 aromatic rings. The van der Waals surface area contributed by atoms with E-state index in [0.717, 1.165) is 4.47 Å². The molecular weight excluding hydrogens is 360 g/mol. The predicted octanol–water partition coefficient (Wildman–Crippen LogP) is 3.20. The largest absolute Gasteiger partial charge is 0.479 e. The number of anilines is 2. The van der Waals surface area contributed by atoms with Gasteiger partial charge in [0.2, 0.25) is 5.91 Å². The zero-order valence-electron chi connectivity index (χ0n) is 12.5. The highest BCUT2D eigenvalue weighted by Crippen LogP contribution is 2.33. The number of fused-ring (bicyclic) bond motifs is 1. The Labute approximate surface area is 142 Å². The summed E-state index contributed by atoms with van der Waals surface area (Å²) >= 11 is 3.36. The molecule has 23 heavy (non-hydrogen) atoms. The van der Waals surface area contributed by atoms with E-state index in [1.165, 1.54) is 4.90 Å². The maximum absolute atomic E-state index is 12.3. The molecule has 1 aliphatic rings. The Hall–Kier alpha value is -2.34. The molecule has 0 saturated carbocycles. The second-order valence-corrected chi connectivity index (χ2v) is 6.13. The minimum absolute atomic E-state index is 0.0595. The van der Waals surface area contributed by atoms with Crippen LogP contribution in [-0.2, 0) is 9.59 Å². The summed E-state index contributed by atoms with van der Waals surface area (Å²) in [6, 6.07) is 14.5. The number of hydrogen-bond donors (Lipinski definition) is 1. The van der Waals surface area contributed by atoms with Crippen molar-refractivity contribution in [2.45, 2.75) is 13.0 Å². The molecule has 0 radical (unpaired) electrons. The number of benzene rings is 2. The number of halogens is 1. The van der Waals surface area contributed by atoms with Crippen LogP contribution in [0.5, 0.6) is 5.75 Å². The Morgan fingerprint density at radius 3 is 2.83 bits per heavy atom. The highest BCUT2D eigenvalue weighted by atomic mass is 79.9. The molecule has 2 amide bonds. The zero-order valence-corrected chi connectivity index (χ0v) is 14.0. The number of carbonyl (C=O) groups is 2. The number of nitrogens with one attached hydrogen (secondary N) is 1. The third kappa shape index (κ3) is 3.37. The van der Waals surface area contributed by atoms with Crippen LogP contribution >= 0.6 is 15.9 Å². The Balaban J connectivity index is 1.78. The molecule has 3 rings (SSSR count). The normalized spacial score (nSPS) is 16.5. The predicted molar refractivity (Wildman–Crippen MR) is 91.7 cm³/mol. The van der Waals surface area contributed by atoms with Gasteiger partial charge in [-0.15, -0.1) is 0 Å². The van der Waals surface area contributed by atoms with Gasteiger partial charge in [0.05, 0.1) is 5.69 Å². The maximum atomic E-state index is 12.3. The van der Waals surface area contributed by atoms with E-state index in [9.17, 15) is 9.59 Å². The van der Waals surface area contributed by atoms with Crippen LogP contribution in [0.2, 0.25) is 0 Å². The fourth-order valence-corrected chi connectivity index (χ4v) is 2.83. The molecule has 1 atom stereocenters. The molecule has 0 bridgehead atoms. The molecule has 0 fully saturated rings. The van der Waals surface area contributed by atoms with Crippen molar-refractivity contribution in [3.05, 3.63) is 53.0 Å². The van der Waals surface area contributed by atoms with Gasteiger partial charge in [-0.2, -0.15) is 0 Å². The molecule has 6 heteroatoms. The summed E-state index contributed by atoms with van der Waals surface area (Å²) in [7, 11) is 0. The van der Waals surface area contributed by atoms with E-state index < -0.39 is 6.10 Å². The first-order valence-electron chi connectivity index (χ1n) is 7.17. The SMILES string of the molecule is CC1Oc2ccccc2N(CC(=O)Nc2cccc(Br)c2)C1=O. The Morgan fingerprint density at radius 2 is 2.04 bits per heavy atom. The number of carbonyl (C=O) groups excluding carboxylic acids is 2. The summed E-state index contributed by atoms with van der Waals surface area (Å²) < 4.78 is 6.43. The second-order valence-electron chi connectivity index (χ2n) is 5.21. The standard InChI is InChI=1S/C17H15BrN2O3/c1-11-17(22)20(14-7-2-3-8-15(14)23-11)10-16(21)19-13-6-4-5-12(18)9-13/h2-9,11H,10H2,1H3,(H,19,21). The van der Waals surface area contributed by atoms with Gasteiger partial charge in [-0.05, 0) is 37.3 Å². The number of para-hydroxylation sites is 2. The van der Waals surface area contributed by atoms with E-state index in [1.807, 2.05) is 24.3 Å². The monoisotopic (exact) mass is 374 g/mol. The lowest BCUT2D eigenvalue weighted by Gasteiger charge is -2.32. The van der Waals surface area contributed by atoms with Gasteiger partial charge in [-0.1, -0.05) is 34.1 Å². The molecule has 1 aliphatic heterocycles. The van der Waals surface area contributed by atoms with Gasteiger partial charge in [-0.3, -0.25) is 14.5 Å². The van der Waals surface area contributed by atoms with E-state index in [4.69, 9.17) is 4.74 Å². The highest BCUT2D eigenvalue weighted by Gasteiger charge is 2.32. The number of rotatable bonds is 3. The first kappa shape index (κ1) is 15.6. The maximum Gasteiger partial charge on any atom is 0.268 e. The molecule has 1 unspecified atom stereocenters. The van der Waals surface area contributed by atoms with Crippen LogP contribution in [-0.4, -0.2) is 24.5 Å². The fraction of sp³-hybridized carbons (Fsp3) is 0.176. The van der Waals surface area contributed by atoms with Gasteiger partial charge in [0.15, 0.2) is 6.10 Å². The van der Waals surface area contributed by atoms with E-state index in [-0.39, 0.29) is 18.4 Å². The van der Waals surface area contributed by atoms with Crippen molar-refractivity contribution < 1.29 is 14.3 Å². The van der Waals surface area contributed by atoms with Crippen molar-refractivity contribution in [3.8, 4) is 5.75 Å². The van der Waals surface area contributed by atoms with E-state index in [2.05, 4.69) is 21.2 Å². The van der Waals surface area contributed by atoms with Crippen LogP contribution in [0.4, 0.5) is 11.4 Å². The molecule has 0 saturated heterocycles. The van der Waals surface area contributed by atoms with Gasteiger partial charge in [0.25, 0.3) is 5.91 Å². The Kier molecular flexibility index (Phi) is 4.34. The van der Waals surface area contributed by atoms with Crippen molar-refractivity contribution >= 4 is 39.1 Å². The smallest absolute Gasteiger partial charge is 0.268 e. The van der Waals surface area contributed by atoms with Gasteiger partial charge >= 0.3 is 0 Å². The van der Waals surface area contributed by atoms with Crippen molar-refractivity contribution in [2.75, 3.05) is 16.8 Å². The highest BCUT2D eigenvalue weighted by molar-refractivity contribution is 9.10. The summed E-state index contributed by atoms with van der Waals surface area (Å²) in [6.07, 6.45) is -0.608. The molecular formula is C17H15BrN2O3. The van der Waals surface area contributed by atoms with Crippen LogP contribution in [0, 0.1) is 0 Å². The number of amides is 2. The lowest BCUT2D eigenvalue weighted by Crippen LogP contribution is -2.47. The van der Waals surface area contributed by atoms with Crippen molar-refractivity contribution in [3.63, 3.8) is 0 Å². The van der Waals surface area contributed by atoms with Gasteiger partial charge in [0.1, 0.15) is 12.3 Å². The Morgan fingerprint density at radius 1 is 1.26 bits per heavy atom. The molecule has 118 valence electrons. The fourth-order valence-electron chi connectivity index (χ4n) is 2.43. The summed E-state index contributed by atoms with van der Waals surface area (Å²) in [6.45, 7) is 1.62. The number of nitrogens with zero attached hydrogens (tertiary/aromatic N) is 1. The molecule has 2 aromatic carbocycles. The molecule has 5 nitrogen and oxygen atoms in total. The minimum atomic E-state index is -0.608. The van der Waals surface area contributed by atoms with Crippen LogP contribution in [0.25, 0.3) is 0 Å². The molecule has 0 aromatic heterocycles. The zero-order chi connectivity index (χ0) is 16.4. The minimum Gasteiger partial charge on any atom is -0.479 e. The first-order valence-corrected chi connectivity index (χ1v) is 7.96. The van der Waals surface area contributed by atoms with E-state index in [1.54, 1.807) is 31.2 Å². The molecule has 0 aliphatic carbocycles. The van der Waals surface area contributed by atoms with Gasteiger partial charge in [-0.25, -0.2) is 0 Å². The van der Waals surface area contributed by atoms with E-state index >= 15 is 0 Å². The molecule has 1 heterocycles. The lowest BCUT2D eigenvalue weighted by molar-refractivity contribution is -0.127. The summed E-state index contributed by atoms with van der Waals surface area (Å²) in [5, 5.41) is 2.79. The average Bonchev–Trinajstić information content (AvgIpc) is 2.52. The van der Waals surface area contributed by atoms with Crippen LogP contribution in [0.3, 0.4) is 0 Å². The number of hydrogen-bond acceptors (Lipinski definition) is 3. The average molecular weight is 375 g/mol. The van der Waals surface area contributed by atoms with Crippen LogP contribution in [0.15, 0.2) is 53.0 Å². The summed E-state index contributed by atoms with van der Waals surface area (Å²) in [5.41, 5.74) is 1.28.